The van der Waals surface area contributed by atoms with Crippen LogP contribution in [-0.4, -0.2) is 24.4 Å². The van der Waals surface area contributed by atoms with Gasteiger partial charge in [-0.1, -0.05) is 6.08 Å². The highest BCUT2D eigenvalue weighted by Gasteiger charge is 2.27. The minimum Gasteiger partial charge on any atom is -0.390 e. The summed E-state index contributed by atoms with van der Waals surface area (Å²) in [6.07, 6.45) is 2.78. The summed E-state index contributed by atoms with van der Waals surface area (Å²) in [6.45, 7) is 6.65. The lowest BCUT2D eigenvalue weighted by Gasteiger charge is -2.23. The summed E-state index contributed by atoms with van der Waals surface area (Å²) in [5.74, 6) is 0. The molecular formula is C9H19NO3S. The van der Waals surface area contributed by atoms with Gasteiger partial charge in [0.1, 0.15) is 0 Å². The zero-order valence-electron chi connectivity index (χ0n) is 8.73. The van der Waals surface area contributed by atoms with Crippen molar-refractivity contribution in [1.82, 2.24) is 0 Å². The quantitative estimate of drug-likeness (QED) is 0.650. The predicted molar refractivity (Wildman–Crippen MR) is 57.2 cm³/mol. The number of aliphatic hydroxyl groups is 1. The highest BCUT2D eigenvalue weighted by Crippen LogP contribution is 2.19. The van der Waals surface area contributed by atoms with Gasteiger partial charge in [-0.15, -0.1) is 6.58 Å². The van der Waals surface area contributed by atoms with E-state index in [0.717, 1.165) is 0 Å². The van der Waals surface area contributed by atoms with Gasteiger partial charge in [0.15, 0.2) is 0 Å². The monoisotopic (exact) mass is 221 g/mol. The molecular weight excluding hydrogens is 202 g/mol. The van der Waals surface area contributed by atoms with Crippen molar-refractivity contribution in [2.75, 3.05) is 0 Å². The van der Waals surface area contributed by atoms with Crippen LogP contribution in [0.1, 0.15) is 33.1 Å². The minimum absolute atomic E-state index is 0.152. The van der Waals surface area contributed by atoms with Crippen LogP contribution >= 0.6 is 0 Å². The molecule has 0 saturated carbocycles. The van der Waals surface area contributed by atoms with Crippen LogP contribution in [0.15, 0.2) is 12.7 Å². The lowest BCUT2D eigenvalue weighted by Crippen LogP contribution is -2.35. The standard InChI is InChI=1S/C9H19NO3S/c1-4-5-6-8(14(10,12)13)7-9(2,3)11/h4,8,11H,1,5-7H2,2-3H3,(H2,10,12,13). The number of primary sulfonamides is 1. The van der Waals surface area contributed by atoms with Crippen molar-refractivity contribution in [2.45, 2.75) is 44.0 Å². The average Bonchev–Trinajstić information content (AvgIpc) is 1.93. The molecule has 0 aromatic heterocycles. The van der Waals surface area contributed by atoms with E-state index in [1.54, 1.807) is 19.9 Å². The molecule has 0 spiro atoms. The van der Waals surface area contributed by atoms with Crippen molar-refractivity contribution in [3.63, 3.8) is 0 Å². The summed E-state index contributed by atoms with van der Waals surface area (Å²) in [4.78, 5) is 0. The van der Waals surface area contributed by atoms with Crippen molar-refractivity contribution in [2.24, 2.45) is 5.14 Å². The van der Waals surface area contributed by atoms with Gasteiger partial charge in [-0.05, 0) is 33.1 Å². The zero-order chi connectivity index (χ0) is 11.4. The lowest BCUT2D eigenvalue weighted by molar-refractivity contribution is 0.0692. The van der Waals surface area contributed by atoms with E-state index in [4.69, 9.17) is 5.14 Å². The summed E-state index contributed by atoms with van der Waals surface area (Å²) in [6, 6.07) is 0. The number of sulfonamides is 1. The molecule has 0 amide bonds. The van der Waals surface area contributed by atoms with Crippen molar-refractivity contribution in [3.05, 3.63) is 12.7 Å². The second-order valence-electron chi connectivity index (χ2n) is 4.09. The molecule has 14 heavy (non-hydrogen) atoms. The van der Waals surface area contributed by atoms with E-state index < -0.39 is 20.9 Å². The first kappa shape index (κ1) is 13.6. The van der Waals surface area contributed by atoms with Crippen LogP contribution in [0, 0.1) is 0 Å². The molecule has 3 N–H and O–H groups in total. The maximum absolute atomic E-state index is 11.1. The van der Waals surface area contributed by atoms with E-state index in [1.165, 1.54) is 0 Å². The molecule has 0 aromatic carbocycles. The number of allylic oxidation sites excluding steroid dienone is 1. The fourth-order valence-corrected chi connectivity index (χ4v) is 2.35. The number of rotatable bonds is 6. The van der Waals surface area contributed by atoms with E-state index in [0.29, 0.717) is 12.8 Å². The zero-order valence-corrected chi connectivity index (χ0v) is 9.55. The summed E-state index contributed by atoms with van der Waals surface area (Å²) in [7, 11) is -3.58. The number of nitrogens with two attached hydrogens (primary N) is 1. The van der Waals surface area contributed by atoms with Gasteiger partial charge >= 0.3 is 0 Å². The van der Waals surface area contributed by atoms with E-state index in [2.05, 4.69) is 6.58 Å². The van der Waals surface area contributed by atoms with Gasteiger partial charge in [-0.2, -0.15) is 0 Å². The normalized spacial score (nSPS) is 15.1. The fourth-order valence-electron chi connectivity index (χ4n) is 1.24. The van der Waals surface area contributed by atoms with Crippen molar-refractivity contribution >= 4 is 10.0 Å². The Bertz CT molecular complexity index is 277. The second kappa shape index (κ2) is 4.91. The van der Waals surface area contributed by atoms with E-state index in [9.17, 15) is 13.5 Å². The maximum atomic E-state index is 11.1. The largest absolute Gasteiger partial charge is 0.390 e. The molecule has 1 unspecified atom stereocenters. The first-order valence-corrected chi connectivity index (χ1v) is 6.12. The molecule has 0 aliphatic heterocycles. The fraction of sp³-hybridized carbons (Fsp3) is 0.778. The van der Waals surface area contributed by atoms with Crippen molar-refractivity contribution < 1.29 is 13.5 Å². The highest BCUT2D eigenvalue weighted by molar-refractivity contribution is 7.89. The molecule has 0 fully saturated rings. The third kappa shape index (κ3) is 6.12. The molecule has 1 atom stereocenters. The van der Waals surface area contributed by atoms with Crippen LogP contribution in [0.4, 0.5) is 0 Å². The Labute approximate surface area is 85.9 Å². The second-order valence-corrected chi connectivity index (χ2v) is 5.94. The SMILES string of the molecule is C=CCCC(CC(C)(C)O)S(N)(=O)=O. The molecule has 4 nitrogen and oxygen atoms in total. The molecule has 0 radical (unpaired) electrons. The summed E-state index contributed by atoms with van der Waals surface area (Å²) in [5, 5.41) is 13.9. The van der Waals surface area contributed by atoms with Gasteiger partial charge in [-0.3, -0.25) is 0 Å². The van der Waals surface area contributed by atoms with Crippen molar-refractivity contribution in [1.29, 1.82) is 0 Å². The first-order chi connectivity index (χ1) is 6.17. The summed E-state index contributed by atoms with van der Waals surface area (Å²) in [5.41, 5.74) is -1.02. The van der Waals surface area contributed by atoms with Gasteiger partial charge in [-0.25, -0.2) is 13.6 Å². The third-order valence-corrected chi connectivity index (χ3v) is 3.22. The Morgan fingerprint density at radius 2 is 2.07 bits per heavy atom. The van der Waals surface area contributed by atoms with E-state index in [1.807, 2.05) is 0 Å². The summed E-state index contributed by atoms with van der Waals surface area (Å²) >= 11 is 0. The molecule has 5 heteroatoms. The Morgan fingerprint density at radius 3 is 2.36 bits per heavy atom. The van der Waals surface area contributed by atoms with Crippen LogP contribution in [0.25, 0.3) is 0 Å². The molecule has 0 aliphatic rings. The maximum Gasteiger partial charge on any atom is 0.212 e. The Kier molecular flexibility index (Phi) is 4.77. The smallest absolute Gasteiger partial charge is 0.212 e. The Hall–Kier alpha value is -0.390. The molecule has 0 rings (SSSR count). The molecule has 0 saturated heterocycles. The van der Waals surface area contributed by atoms with Crippen LogP contribution in [0.5, 0.6) is 0 Å². The molecule has 84 valence electrons. The number of hydrogen-bond acceptors (Lipinski definition) is 3. The highest BCUT2D eigenvalue weighted by atomic mass is 32.2. The van der Waals surface area contributed by atoms with Crippen LogP contribution in [0.2, 0.25) is 0 Å². The minimum atomic E-state index is -3.58. The average molecular weight is 221 g/mol. The molecule has 0 heterocycles. The predicted octanol–water partition coefficient (Wildman–Crippen LogP) is 0.771. The molecule has 0 bridgehead atoms. The van der Waals surface area contributed by atoms with Gasteiger partial charge in [0, 0.05) is 0 Å². The van der Waals surface area contributed by atoms with Gasteiger partial charge < -0.3 is 5.11 Å². The van der Waals surface area contributed by atoms with E-state index in [-0.39, 0.29) is 6.42 Å². The topological polar surface area (TPSA) is 80.4 Å². The van der Waals surface area contributed by atoms with Crippen molar-refractivity contribution in [3.8, 4) is 0 Å². The number of hydrogen-bond donors (Lipinski definition) is 2. The van der Waals surface area contributed by atoms with Crippen LogP contribution < -0.4 is 5.14 Å². The van der Waals surface area contributed by atoms with E-state index >= 15 is 0 Å². The molecule has 0 aliphatic carbocycles. The van der Waals surface area contributed by atoms with Gasteiger partial charge in [0.2, 0.25) is 10.0 Å². The van der Waals surface area contributed by atoms with Crippen LogP contribution in [-0.2, 0) is 10.0 Å². The Morgan fingerprint density at radius 1 is 1.57 bits per heavy atom. The van der Waals surface area contributed by atoms with Gasteiger partial charge in [0.25, 0.3) is 0 Å². The Balaban J connectivity index is 4.50. The lowest BCUT2D eigenvalue weighted by atomic mass is 10.0. The summed E-state index contributed by atoms with van der Waals surface area (Å²) < 4.78 is 22.3. The third-order valence-electron chi connectivity index (χ3n) is 1.88. The molecule has 0 aromatic rings. The van der Waals surface area contributed by atoms with Gasteiger partial charge in [0.05, 0.1) is 10.9 Å². The van der Waals surface area contributed by atoms with Crippen LogP contribution in [0.3, 0.4) is 0 Å². The first-order valence-electron chi connectivity index (χ1n) is 4.51.